The van der Waals surface area contributed by atoms with E-state index in [4.69, 9.17) is 5.11 Å². The summed E-state index contributed by atoms with van der Waals surface area (Å²) in [5.41, 5.74) is 3.04. The minimum absolute atomic E-state index is 0.0469. The van der Waals surface area contributed by atoms with Crippen molar-refractivity contribution in [1.82, 2.24) is 4.90 Å². The summed E-state index contributed by atoms with van der Waals surface area (Å²) in [6.45, 7) is 7.95. The van der Waals surface area contributed by atoms with Crippen LogP contribution in [0.15, 0.2) is 18.2 Å². The molecule has 0 spiro atoms. The molecular weight excluding hydrogens is 240 g/mol. The van der Waals surface area contributed by atoms with Gasteiger partial charge >= 0.3 is 6.03 Å². The van der Waals surface area contributed by atoms with Crippen LogP contribution in [0.25, 0.3) is 0 Å². The molecule has 1 aromatic rings. The summed E-state index contributed by atoms with van der Waals surface area (Å²) in [6, 6.07) is 5.62. The van der Waals surface area contributed by atoms with Crippen LogP contribution in [0, 0.1) is 6.92 Å². The van der Waals surface area contributed by atoms with E-state index in [1.165, 1.54) is 4.90 Å². The van der Waals surface area contributed by atoms with E-state index in [-0.39, 0.29) is 18.7 Å². The Morgan fingerprint density at radius 2 is 2.00 bits per heavy atom. The zero-order chi connectivity index (χ0) is 14.6. The number of hydrogen-bond acceptors (Lipinski definition) is 2. The number of carbonyl (C=O) groups excluding carboxylic acids is 1. The van der Waals surface area contributed by atoms with Crippen LogP contribution in [0.5, 0.6) is 0 Å². The average Bonchev–Trinajstić information content (AvgIpc) is 2.38. The predicted octanol–water partition coefficient (Wildman–Crippen LogP) is 2.96. The van der Waals surface area contributed by atoms with Gasteiger partial charge in [-0.3, -0.25) is 0 Å². The molecule has 19 heavy (non-hydrogen) atoms. The third kappa shape index (κ3) is 3.70. The Labute approximate surface area is 115 Å². The number of aryl methyl sites for hydroxylation is 1. The van der Waals surface area contributed by atoms with Gasteiger partial charge in [0.15, 0.2) is 0 Å². The first-order valence-corrected chi connectivity index (χ1v) is 6.62. The number of nitrogens with zero attached hydrogens (tertiary/aromatic N) is 1. The zero-order valence-corrected chi connectivity index (χ0v) is 12.4. The van der Waals surface area contributed by atoms with Gasteiger partial charge in [0, 0.05) is 12.7 Å². The minimum Gasteiger partial charge on any atom is -0.394 e. The highest BCUT2D eigenvalue weighted by Gasteiger charge is 2.17. The van der Waals surface area contributed by atoms with Crippen molar-refractivity contribution >= 4 is 11.7 Å². The Hall–Kier alpha value is -1.55. The molecule has 2 N–H and O–H groups in total. The number of para-hydroxylation sites is 1. The van der Waals surface area contributed by atoms with E-state index in [9.17, 15) is 4.79 Å². The molecule has 0 aromatic heterocycles. The summed E-state index contributed by atoms with van der Waals surface area (Å²) in [5.74, 6) is 0.343. The Morgan fingerprint density at radius 1 is 1.37 bits per heavy atom. The molecule has 0 radical (unpaired) electrons. The molecule has 1 atom stereocenters. The maximum Gasteiger partial charge on any atom is 0.321 e. The molecule has 0 fully saturated rings. The van der Waals surface area contributed by atoms with E-state index in [1.54, 1.807) is 14.0 Å². The lowest BCUT2D eigenvalue weighted by atomic mass is 9.98. The van der Waals surface area contributed by atoms with Crippen molar-refractivity contribution in [3.8, 4) is 0 Å². The summed E-state index contributed by atoms with van der Waals surface area (Å²) in [7, 11) is 1.68. The molecule has 0 saturated carbocycles. The number of urea groups is 1. The van der Waals surface area contributed by atoms with Crippen LogP contribution in [0.1, 0.15) is 37.8 Å². The van der Waals surface area contributed by atoms with Crippen LogP contribution in [-0.2, 0) is 0 Å². The van der Waals surface area contributed by atoms with Crippen LogP contribution in [0.4, 0.5) is 10.5 Å². The number of amides is 2. The average molecular weight is 264 g/mol. The van der Waals surface area contributed by atoms with Crippen molar-refractivity contribution < 1.29 is 9.90 Å². The van der Waals surface area contributed by atoms with E-state index < -0.39 is 0 Å². The molecule has 2 amide bonds. The second kappa shape index (κ2) is 6.57. The summed E-state index contributed by atoms with van der Waals surface area (Å²) in [6.07, 6.45) is 0. The van der Waals surface area contributed by atoms with Crippen molar-refractivity contribution in [3.63, 3.8) is 0 Å². The van der Waals surface area contributed by atoms with Crippen LogP contribution in [-0.4, -0.2) is 35.7 Å². The Kier molecular flexibility index (Phi) is 5.36. The molecule has 0 aliphatic carbocycles. The first-order chi connectivity index (χ1) is 8.88. The van der Waals surface area contributed by atoms with Gasteiger partial charge in [-0.2, -0.15) is 0 Å². The molecule has 106 valence electrons. The van der Waals surface area contributed by atoms with Gasteiger partial charge in [-0.1, -0.05) is 32.0 Å². The number of hydrogen-bond donors (Lipinski definition) is 2. The lowest BCUT2D eigenvalue weighted by Gasteiger charge is -2.25. The van der Waals surface area contributed by atoms with E-state index in [0.29, 0.717) is 5.92 Å². The molecule has 4 heteroatoms. The van der Waals surface area contributed by atoms with Gasteiger partial charge in [-0.05, 0) is 30.9 Å². The number of aliphatic hydroxyl groups excluding tert-OH is 1. The van der Waals surface area contributed by atoms with Crippen LogP contribution >= 0.6 is 0 Å². The van der Waals surface area contributed by atoms with E-state index >= 15 is 0 Å². The number of benzene rings is 1. The third-order valence-corrected chi connectivity index (χ3v) is 3.40. The van der Waals surface area contributed by atoms with E-state index in [2.05, 4.69) is 19.2 Å². The van der Waals surface area contributed by atoms with Gasteiger partial charge < -0.3 is 15.3 Å². The van der Waals surface area contributed by atoms with Crippen LogP contribution in [0.2, 0.25) is 0 Å². The number of rotatable bonds is 4. The second-order valence-electron chi connectivity index (χ2n) is 5.27. The lowest BCUT2D eigenvalue weighted by Crippen LogP contribution is -2.40. The Morgan fingerprint density at radius 3 is 2.53 bits per heavy atom. The monoisotopic (exact) mass is 264 g/mol. The Balaban J connectivity index is 2.96. The smallest absolute Gasteiger partial charge is 0.321 e. The summed E-state index contributed by atoms with van der Waals surface area (Å²) in [5, 5.41) is 12.0. The van der Waals surface area contributed by atoms with Gasteiger partial charge in [0.25, 0.3) is 0 Å². The highest BCUT2D eigenvalue weighted by molar-refractivity contribution is 5.91. The molecule has 0 aliphatic heterocycles. The maximum absolute atomic E-state index is 12.1. The molecule has 4 nitrogen and oxygen atoms in total. The largest absolute Gasteiger partial charge is 0.394 e. The topological polar surface area (TPSA) is 52.6 Å². The number of nitrogens with one attached hydrogen (secondary N) is 1. The number of carbonyl (C=O) groups is 1. The molecule has 1 unspecified atom stereocenters. The highest BCUT2D eigenvalue weighted by atomic mass is 16.3. The molecule has 0 bridgehead atoms. The van der Waals surface area contributed by atoms with E-state index in [1.807, 2.05) is 25.1 Å². The van der Waals surface area contributed by atoms with Crippen molar-refractivity contribution in [2.24, 2.45) is 0 Å². The van der Waals surface area contributed by atoms with Gasteiger partial charge in [0.1, 0.15) is 0 Å². The Bertz CT molecular complexity index is 444. The number of anilines is 1. The van der Waals surface area contributed by atoms with Gasteiger partial charge in [-0.15, -0.1) is 0 Å². The van der Waals surface area contributed by atoms with Crippen LogP contribution < -0.4 is 5.32 Å². The van der Waals surface area contributed by atoms with Gasteiger partial charge in [0.05, 0.1) is 12.6 Å². The second-order valence-corrected chi connectivity index (χ2v) is 5.27. The third-order valence-electron chi connectivity index (χ3n) is 3.40. The van der Waals surface area contributed by atoms with E-state index in [0.717, 1.165) is 16.8 Å². The number of aliphatic hydroxyl groups is 1. The molecule has 0 saturated heterocycles. The predicted molar refractivity (Wildman–Crippen MR) is 78.6 cm³/mol. The summed E-state index contributed by atoms with van der Waals surface area (Å²) in [4.78, 5) is 13.7. The lowest BCUT2D eigenvalue weighted by molar-refractivity contribution is 0.166. The normalized spacial score (nSPS) is 12.4. The maximum atomic E-state index is 12.1. The number of likely N-dealkylation sites (N-methyl/N-ethyl adjacent to an activating group) is 1. The summed E-state index contributed by atoms with van der Waals surface area (Å²) < 4.78 is 0. The standard InChI is InChI=1S/C15H24N2O2/c1-10(2)13-8-6-7-11(3)14(13)16-15(19)17(5)12(4)9-18/h6-8,10,12,18H,9H2,1-5H3,(H,16,19). The fourth-order valence-corrected chi connectivity index (χ4v) is 1.86. The van der Waals surface area contributed by atoms with Gasteiger partial charge in [-0.25, -0.2) is 4.79 Å². The van der Waals surface area contributed by atoms with Crippen LogP contribution in [0.3, 0.4) is 0 Å². The van der Waals surface area contributed by atoms with Crippen molar-refractivity contribution in [2.75, 3.05) is 19.0 Å². The highest BCUT2D eigenvalue weighted by Crippen LogP contribution is 2.27. The van der Waals surface area contributed by atoms with Crippen molar-refractivity contribution in [1.29, 1.82) is 0 Å². The fraction of sp³-hybridized carbons (Fsp3) is 0.533. The molecule has 1 rings (SSSR count). The summed E-state index contributed by atoms with van der Waals surface area (Å²) >= 11 is 0. The molecular formula is C15H24N2O2. The minimum atomic E-state index is -0.202. The first kappa shape index (κ1) is 15.5. The van der Waals surface area contributed by atoms with Crippen molar-refractivity contribution in [3.05, 3.63) is 29.3 Å². The molecule has 0 aliphatic rings. The SMILES string of the molecule is Cc1cccc(C(C)C)c1NC(=O)N(C)C(C)CO. The molecule has 0 heterocycles. The van der Waals surface area contributed by atoms with Crippen molar-refractivity contribution in [2.45, 2.75) is 39.7 Å². The fourth-order valence-electron chi connectivity index (χ4n) is 1.86. The zero-order valence-electron chi connectivity index (χ0n) is 12.4. The first-order valence-electron chi connectivity index (χ1n) is 6.62. The quantitative estimate of drug-likeness (QED) is 0.878. The molecule has 1 aromatic carbocycles. The van der Waals surface area contributed by atoms with Gasteiger partial charge in [0.2, 0.25) is 0 Å².